The molecule has 4 atom stereocenters. The summed E-state index contributed by atoms with van der Waals surface area (Å²) >= 11 is 0. The maximum atomic E-state index is 9.19. The minimum atomic E-state index is -1.02. The molecule has 0 aliphatic carbocycles. The minimum Gasteiger partial charge on any atom is -0.394 e. The van der Waals surface area contributed by atoms with Gasteiger partial charge in [-0.05, 0) is 0 Å². The van der Waals surface area contributed by atoms with Crippen LogP contribution in [0, 0.1) is 0 Å². The van der Waals surface area contributed by atoms with Crippen molar-refractivity contribution in [2.45, 2.75) is 24.3 Å². The quantitative estimate of drug-likeness (QED) is 0.319. The van der Waals surface area contributed by atoms with Crippen LogP contribution >= 0.6 is 0 Å². The molecule has 1 rings (SSSR count). The smallest absolute Gasteiger partial charge is 0.235 e. The molecule has 1 unspecified atom stereocenters. The number of rotatable bonds is 2. The Morgan fingerprint density at radius 1 is 1.36 bits per heavy atom. The molecule has 6 heteroatoms. The predicted octanol–water partition coefficient (Wildman–Crippen LogP) is -3.26. The molecule has 5 nitrogen and oxygen atoms in total. The van der Waals surface area contributed by atoms with E-state index in [1.165, 1.54) is 0 Å². The second-order valence-corrected chi connectivity index (χ2v) is 2.61. The first-order valence-corrected chi connectivity index (χ1v) is 3.53. The first kappa shape index (κ1) is 8.96. The lowest BCUT2D eigenvalue weighted by Crippen LogP contribution is -2.38. The van der Waals surface area contributed by atoms with E-state index in [-0.39, 0.29) is 14.0 Å². The maximum Gasteiger partial charge on any atom is 0.235 e. The molecule has 0 aromatic heterocycles. The molecule has 0 saturated carbocycles. The van der Waals surface area contributed by atoms with Crippen LogP contribution in [-0.2, 0) is 4.74 Å². The zero-order chi connectivity index (χ0) is 8.43. The second-order valence-electron chi connectivity index (χ2n) is 2.61. The summed E-state index contributed by atoms with van der Waals surface area (Å²) < 4.78 is 5.01. The summed E-state index contributed by atoms with van der Waals surface area (Å²) in [5, 5.41) is 27.0. The lowest BCUT2D eigenvalue weighted by molar-refractivity contribution is -0.00906. The van der Waals surface area contributed by atoms with Crippen LogP contribution in [0.1, 0.15) is 0 Å². The van der Waals surface area contributed by atoms with Gasteiger partial charge in [0.2, 0.25) is 7.41 Å². The van der Waals surface area contributed by atoms with Gasteiger partial charge in [0.05, 0.1) is 12.6 Å². The Morgan fingerprint density at radius 2 is 2.00 bits per heavy atom. The molecule has 0 aromatic rings. The van der Waals surface area contributed by atoms with E-state index >= 15 is 0 Å². The molecule has 64 valence electrons. The van der Waals surface area contributed by atoms with Crippen molar-refractivity contribution in [1.82, 2.24) is 0 Å². The average Bonchev–Trinajstić information content (AvgIpc) is 2.30. The van der Waals surface area contributed by atoms with Crippen molar-refractivity contribution < 1.29 is 20.1 Å². The summed E-state index contributed by atoms with van der Waals surface area (Å²) in [6.07, 6.45) is -2.69. The topological polar surface area (TPSA) is 95.9 Å². The van der Waals surface area contributed by atoms with E-state index in [0.29, 0.717) is 0 Å². The zero-order valence-corrected chi connectivity index (χ0v) is 6.05. The van der Waals surface area contributed by atoms with Crippen LogP contribution in [0.3, 0.4) is 0 Å². The van der Waals surface area contributed by atoms with Gasteiger partial charge in [-0.3, -0.25) is 0 Å². The van der Waals surface area contributed by atoms with Crippen LogP contribution in [0.15, 0.2) is 0 Å². The Hall–Kier alpha value is -0.135. The average molecular weight is 161 g/mol. The third-order valence-corrected chi connectivity index (χ3v) is 1.87. The summed E-state index contributed by atoms with van der Waals surface area (Å²) in [7, 11) is 0.148. The Balaban J connectivity index is 2.53. The molecule has 0 spiro atoms. The molecule has 0 aromatic carbocycles. The highest BCUT2D eigenvalue weighted by atomic mass is 16.5. The van der Waals surface area contributed by atoms with Gasteiger partial charge in [0.1, 0.15) is 18.3 Å². The zero-order valence-electron chi connectivity index (χ0n) is 6.05. The van der Waals surface area contributed by atoms with Crippen LogP contribution in [-0.4, -0.2) is 53.7 Å². The summed E-state index contributed by atoms with van der Waals surface area (Å²) in [6.45, 7) is -0.297. The lowest BCUT2D eigenvalue weighted by atomic mass is 9.83. The van der Waals surface area contributed by atoms with Crippen molar-refractivity contribution in [3.63, 3.8) is 0 Å². The number of hydrogen-bond donors (Lipinski definition) is 4. The number of nitrogens with two attached hydrogens (primary N) is 1. The Labute approximate surface area is 65.0 Å². The van der Waals surface area contributed by atoms with E-state index in [9.17, 15) is 5.11 Å². The van der Waals surface area contributed by atoms with Gasteiger partial charge in [-0.25, -0.2) is 0 Å². The fourth-order valence-corrected chi connectivity index (χ4v) is 1.17. The van der Waals surface area contributed by atoms with Gasteiger partial charge >= 0.3 is 0 Å². The molecule has 1 aliphatic rings. The molecule has 1 heterocycles. The Morgan fingerprint density at radius 3 is 2.27 bits per heavy atom. The van der Waals surface area contributed by atoms with E-state index < -0.39 is 24.3 Å². The first-order valence-electron chi connectivity index (χ1n) is 3.53. The van der Waals surface area contributed by atoms with Crippen molar-refractivity contribution in [3.8, 4) is 0 Å². The van der Waals surface area contributed by atoms with E-state index in [2.05, 4.69) is 0 Å². The second kappa shape index (κ2) is 3.51. The molecule has 0 bridgehead atoms. The van der Waals surface area contributed by atoms with E-state index in [0.717, 1.165) is 0 Å². The third-order valence-electron chi connectivity index (χ3n) is 1.87. The summed E-state index contributed by atoms with van der Waals surface area (Å²) in [6, 6.07) is -0.554. The highest BCUT2D eigenvalue weighted by Gasteiger charge is 2.41. The van der Waals surface area contributed by atoms with Gasteiger partial charge in [-0.15, -0.1) is 0 Å². The van der Waals surface area contributed by atoms with Crippen LogP contribution in [0.4, 0.5) is 0 Å². The van der Waals surface area contributed by atoms with E-state index in [4.69, 9.17) is 20.6 Å². The fourth-order valence-electron chi connectivity index (χ4n) is 1.17. The fraction of sp³-hybridized carbons (Fsp3) is 1.00. The first-order chi connectivity index (χ1) is 5.20. The van der Waals surface area contributed by atoms with Gasteiger partial charge in [-0.2, -0.15) is 0 Å². The summed E-state index contributed by atoms with van der Waals surface area (Å²) in [5.74, 6) is 0. The summed E-state index contributed by atoms with van der Waals surface area (Å²) in [4.78, 5) is 0. The number of aliphatic hydroxyl groups is 3. The van der Waals surface area contributed by atoms with Crippen LogP contribution in [0.5, 0.6) is 0 Å². The standard InChI is InChI=1S/C5H12BNO4/c7-6-5-4(10)3(9)2(1-8)11-5/h2-6,8-10H,1,7H2/t2-,3+,4?,5-/m1/s1. The maximum absolute atomic E-state index is 9.19. The minimum absolute atomic E-state index is 0.148. The molecule has 0 radical (unpaired) electrons. The number of aliphatic hydroxyl groups excluding tert-OH is 3. The molecular weight excluding hydrogens is 149 g/mol. The van der Waals surface area contributed by atoms with Gasteiger partial charge in [-0.1, -0.05) is 0 Å². The van der Waals surface area contributed by atoms with Crippen LogP contribution in [0.2, 0.25) is 0 Å². The highest BCUT2D eigenvalue weighted by molar-refractivity contribution is 6.33. The van der Waals surface area contributed by atoms with Gasteiger partial charge in [0.15, 0.2) is 0 Å². The lowest BCUT2D eigenvalue weighted by Gasteiger charge is -2.10. The highest BCUT2D eigenvalue weighted by Crippen LogP contribution is 2.19. The molecule has 1 saturated heterocycles. The number of ether oxygens (including phenoxy) is 1. The van der Waals surface area contributed by atoms with E-state index in [1.54, 1.807) is 0 Å². The van der Waals surface area contributed by atoms with E-state index in [1.807, 2.05) is 0 Å². The van der Waals surface area contributed by atoms with Crippen molar-refractivity contribution in [1.29, 1.82) is 0 Å². The van der Waals surface area contributed by atoms with Crippen molar-refractivity contribution in [2.75, 3.05) is 6.61 Å². The molecule has 11 heavy (non-hydrogen) atoms. The Bertz CT molecular complexity index is 118. The van der Waals surface area contributed by atoms with Gasteiger partial charge < -0.3 is 25.7 Å². The van der Waals surface area contributed by atoms with Crippen LogP contribution in [0.25, 0.3) is 0 Å². The Kier molecular flexibility index (Phi) is 2.86. The van der Waals surface area contributed by atoms with Gasteiger partial charge in [0, 0.05) is 0 Å². The molecule has 5 N–H and O–H groups in total. The SMILES string of the molecule is NB[C@@H]1O[C@H](CO)[C@H](O)C1O. The van der Waals surface area contributed by atoms with Crippen LogP contribution < -0.4 is 5.64 Å². The third kappa shape index (κ3) is 1.55. The summed E-state index contributed by atoms with van der Waals surface area (Å²) in [5.41, 5.74) is 5.23. The molecule has 1 aliphatic heterocycles. The molecule has 0 amide bonds. The molecular formula is C5H12BNO4. The normalized spacial score (nSPS) is 44.4. The number of hydrogen-bond acceptors (Lipinski definition) is 5. The predicted molar refractivity (Wildman–Crippen MR) is 39.1 cm³/mol. The largest absolute Gasteiger partial charge is 0.394 e. The van der Waals surface area contributed by atoms with Crippen molar-refractivity contribution >= 4 is 7.41 Å². The van der Waals surface area contributed by atoms with Crippen molar-refractivity contribution in [3.05, 3.63) is 0 Å². The monoisotopic (exact) mass is 161 g/mol. The molecule has 1 fully saturated rings. The van der Waals surface area contributed by atoms with Crippen molar-refractivity contribution in [2.24, 2.45) is 5.64 Å². The van der Waals surface area contributed by atoms with Gasteiger partial charge in [0.25, 0.3) is 0 Å².